The summed E-state index contributed by atoms with van der Waals surface area (Å²) in [6.45, 7) is 2.80. The molecule has 0 aromatic carbocycles. The summed E-state index contributed by atoms with van der Waals surface area (Å²) in [6, 6.07) is 0.285. The lowest BCUT2D eigenvalue weighted by Crippen LogP contribution is -2.55. The first kappa shape index (κ1) is 12.0. The van der Waals surface area contributed by atoms with E-state index in [2.05, 4.69) is 12.2 Å². The van der Waals surface area contributed by atoms with E-state index < -0.39 is 5.54 Å². The summed E-state index contributed by atoms with van der Waals surface area (Å²) in [5.74, 6) is 0.392. The van der Waals surface area contributed by atoms with Crippen LogP contribution < -0.4 is 5.32 Å². The fourth-order valence-corrected chi connectivity index (χ4v) is 3.33. The second-order valence-electron chi connectivity index (χ2n) is 5.67. The van der Waals surface area contributed by atoms with E-state index in [1.54, 1.807) is 0 Å². The Morgan fingerprint density at radius 3 is 3.00 bits per heavy atom. The van der Waals surface area contributed by atoms with Crippen LogP contribution in [0.25, 0.3) is 0 Å². The topological polar surface area (TPSA) is 65.4 Å². The van der Waals surface area contributed by atoms with E-state index in [9.17, 15) is 4.79 Å². The molecule has 100 valence electrons. The third-order valence-electron chi connectivity index (χ3n) is 4.33. The van der Waals surface area contributed by atoms with Gasteiger partial charge in [0.15, 0.2) is 0 Å². The van der Waals surface area contributed by atoms with E-state index >= 15 is 0 Å². The number of ether oxygens (including phenoxy) is 1. The standard InChI is InChI=1S/C13H21N3O2/c1-2-3-10-8-13(6-7-18-10)11(14)15-12(17)16(13)9-4-5-9/h9-10H,2-8H2,1H3,(H2,14,15,17). The molecule has 18 heavy (non-hydrogen) atoms. The maximum Gasteiger partial charge on any atom is 0.323 e. The molecule has 0 bridgehead atoms. The van der Waals surface area contributed by atoms with Crippen molar-refractivity contribution in [3.63, 3.8) is 0 Å². The number of carbonyl (C=O) groups is 1. The Balaban J connectivity index is 1.85. The molecule has 2 atom stereocenters. The first-order valence-corrected chi connectivity index (χ1v) is 6.98. The van der Waals surface area contributed by atoms with Gasteiger partial charge in [-0.25, -0.2) is 4.79 Å². The Bertz CT molecular complexity index is 378. The zero-order chi connectivity index (χ0) is 12.8. The van der Waals surface area contributed by atoms with Crippen LogP contribution >= 0.6 is 0 Å². The van der Waals surface area contributed by atoms with Crippen molar-refractivity contribution < 1.29 is 9.53 Å². The molecule has 2 heterocycles. The van der Waals surface area contributed by atoms with Gasteiger partial charge in [0.1, 0.15) is 11.4 Å². The van der Waals surface area contributed by atoms with E-state index in [0.29, 0.717) is 18.5 Å². The van der Waals surface area contributed by atoms with Gasteiger partial charge in [0.2, 0.25) is 0 Å². The Hall–Kier alpha value is -1.10. The molecule has 5 nitrogen and oxygen atoms in total. The van der Waals surface area contributed by atoms with Crippen molar-refractivity contribution >= 4 is 11.9 Å². The number of hydrogen-bond donors (Lipinski definition) is 2. The van der Waals surface area contributed by atoms with Gasteiger partial charge in [-0.15, -0.1) is 0 Å². The normalized spacial score (nSPS) is 36.3. The van der Waals surface area contributed by atoms with Crippen molar-refractivity contribution in [2.75, 3.05) is 6.61 Å². The van der Waals surface area contributed by atoms with Crippen LogP contribution in [0.5, 0.6) is 0 Å². The highest BCUT2D eigenvalue weighted by atomic mass is 16.5. The van der Waals surface area contributed by atoms with Crippen molar-refractivity contribution in [1.29, 1.82) is 5.41 Å². The quantitative estimate of drug-likeness (QED) is 0.804. The molecule has 5 heteroatoms. The number of urea groups is 1. The number of nitrogens with zero attached hydrogens (tertiary/aromatic N) is 1. The number of hydrogen-bond acceptors (Lipinski definition) is 3. The second kappa shape index (κ2) is 4.23. The van der Waals surface area contributed by atoms with Gasteiger partial charge in [-0.2, -0.15) is 0 Å². The van der Waals surface area contributed by atoms with Gasteiger partial charge in [-0.1, -0.05) is 13.3 Å². The highest BCUT2D eigenvalue weighted by molar-refractivity contribution is 6.08. The number of rotatable bonds is 3. The van der Waals surface area contributed by atoms with Crippen LogP contribution in [-0.2, 0) is 4.74 Å². The van der Waals surface area contributed by atoms with Crippen LogP contribution in [0.3, 0.4) is 0 Å². The summed E-state index contributed by atoms with van der Waals surface area (Å²) in [5, 5.41) is 10.9. The van der Waals surface area contributed by atoms with E-state index in [1.807, 2.05) is 4.90 Å². The lowest BCUT2D eigenvalue weighted by Gasteiger charge is -2.42. The molecule has 1 aliphatic carbocycles. The van der Waals surface area contributed by atoms with Crippen LogP contribution in [0.4, 0.5) is 4.79 Å². The smallest absolute Gasteiger partial charge is 0.323 e. The largest absolute Gasteiger partial charge is 0.378 e. The summed E-state index contributed by atoms with van der Waals surface area (Å²) in [5.41, 5.74) is -0.393. The molecule has 2 N–H and O–H groups in total. The predicted molar refractivity (Wildman–Crippen MR) is 67.7 cm³/mol. The first-order valence-electron chi connectivity index (χ1n) is 6.98. The van der Waals surface area contributed by atoms with Crippen molar-refractivity contribution in [2.24, 2.45) is 0 Å². The first-order chi connectivity index (χ1) is 8.67. The molecular formula is C13H21N3O2. The van der Waals surface area contributed by atoms with Crippen molar-refractivity contribution in [3.8, 4) is 0 Å². The molecule has 2 amide bonds. The number of nitrogens with one attached hydrogen (secondary N) is 2. The van der Waals surface area contributed by atoms with Crippen molar-refractivity contribution in [3.05, 3.63) is 0 Å². The summed E-state index contributed by atoms with van der Waals surface area (Å²) in [7, 11) is 0. The third kappa shape index (κ3) is 1.72. The molecule has 0 aromatic heterocycles. The van der Waals surface area contributed by atoms with E-state index in [-0.39, 0.29) is 12.1 Å². The molecule has 2 unspecified atom stereocenters. The van der Waals surface area contributed by atoms with E-state index in [4.69, 9.17) is 10.1 Å². The van der Waals surface area contributed by atoms with Crippen LogP contribution in [0, 0.1) is 5.41 Å². The van der Waals surface area contributed by atoms with Gasteiger partial charge in [-0.05, 0) is 19.3 Å². The Labute approximate surface area is 107 Å². The Morgan fingerprint density at radius 2 is 2.33 bits per heavy atom. The minimum atomic E-state index is -0.393. The molecule has 2 aliphatic heterocycles. The fourth-order valence-electron chi connectivity index (χ4n) is 3.33. The molecule has 0 aromatic rings. The fraction of sp³-hybridized carbons (Fsp3) is 0.846. The van der Waals surface area contributed by atoms with Crippen LogP contribution in [0.1, 0.15) is 45.4 Å². The molecule has 3 rings (SSSR count). The maximum absolute atomic E-state index is 12.0. The molecule has 1 saturated carbocycles. The van der Waals surface area contributed by atoms with Gasteiger partial charge in [0.05, 0.1) is 6.10 Å². The molecule has 3 fully saturated rings. The van der Waals surface area contributed by atoms with E-state index in [0.717, 1.165) is 38.5 Å². The number of carbonyl (C=O) groups excluding carboxylic acids is 1. The second-order valence-corrected chi connectivity index (χ2v) is 5.67. The average Bonchev–Trinajstić information content (AvgIpc) is 3.11. The van der Waals surface area contributed by atoms with Gasteiger partial charge >= 0.3 is 6.03 Å². The summed E-state index contributed by atoms with van der Waals surface area (Å²) in [6.07, 6.45) is 6.01. The monoisotopic (exact) mass is 251 g/mol. The van der Waals surface area contributed by atoms with Crippen LogP contribution in [-0.4, -0.2) is 41.1 Å². The zero-order valence-electron chi connectivity index (χ0n) is 10.9. The van der Waals surface area contributed by atoms with Gasteiger partial charge in [0.25, 0.3) is 0 Å². The molecule has 3 aliphatic rings. The zero-order valence-corrected chi connectivity index (χ0v) is 10.9. The van der Waals surface area contributed by atoms with Crippen molar-refractivity contribution in [1.82, 2.24) is 10.2 Å². The average molecular weight is 251 g/mol. The Kier molecular flexibility index (Phi) is 2.81. The molecular weight excluding hydrogens is 230 g/mol. The van der Waals surface area contributed by atoms with Gasteiger partial charge < -0.3 is 9.64 Å². The lowest BCUT2D eigenvalue weighted by molar-refractivity contribution is -0.0376. The third-order valence-corrected chi connectivity index (χ3v) is 4.33. The Morgan fingerprint density at radius 1 is 1.56 bits per heavy atom. The highest BCUT2D eigenvalue weighted by Gasteiger charge is 2.56. The summed E-state index contributed by atoms with van der Waals surface area (Å²) in [4.78, 5) is 14.0. The maximum atomic E-state index is 12.0. The molecule has 1 spiro atoms. The van der Waals surface area contributed by atoms with Crippen molar-refractivity contribution in [2.45, 2.75) is 63.1 Å². The lowest BCUT2D eigenvalue weighted by atomic mass is 9.83. The minimum absolute atomic E-state index is 0.0698. The summed E-state index contributed by atoms with van der Waals surface area (Å²) >= 11 is 0. The highest BCUT2D eigenvalue weighted by Crippen LogP contribution is 2.42. The van der Waals surface area contributed by atoms with Gasteiger partial charge in [0, 0.05) is 25.5 Å². The SMILES string of the molecule is CCCC1CC2(CCO1)C(=N)NC(=O)N2C1CC1. The predicted octanol–water partition coefficient (Wildman–Crippen LogP) is 1.87. The van der Waals surface area contributed by atoms with Gasteiger partial charge in [-0.3, -0.25) is 10.7 Å². The number of amides is 2. The summed E-state index contributed by atoms with van der Waals surface area (Å²) < 4.78 is 5.77. The molecule has 0 radical (unpaired) electrons. The van der Waals surface area contributed by atoms with Crippen LogP contribution in [0.2, 0.25) is 0 Å². The van der Waals surface area contributed by atoms with Crippen LogP contribution in [0.15, 0.2) is 0 Å². The van der Waals surface area contributed by atoms with E-state index in [1.165, 1.54) is 0 Å². The number of amidine groups is 1. The minimum Gasteiger partial charge on any atom is -0.378 e. The molecule has 2 saturated heterocycles.